The number of methoxy groups -OCH3 is 1. The molecule has 1 aromatic rings. The van der Waals surface area contributed by atoms with Gasteiger partial charge >= 0.3 is 5.97 Å². The second-order valence-corrected chi connectivity index (χ2v) is 6.31. The van der Waals surface area contributed by atoms with Crippen LogP contribution in [0.15, 0.2) is 48.6 Å². The molecule has 0 aliphatic rings. The van der Waals surface area contributed by atoms with E-state index < -0.39 is 5.97 Å². The zero-order valence-electron chi connectivity index (χ0n) is 16.1. The van der Waals surface area contributed by atoms with Crippen molar-refractivity contribution in [2.24, 2.45) is 0 Å². The molecule has 0 spiro atoms. The van der Waals surface area contributed by atoms with Crippen molar-refractivity contribution in [1.29, 1.82) is 0 Å². The lowest BCUT2D eigenvalue weighted by Gasteiger charge is -2.07. The third-order valence-electron chi connectivity index (χ3n) is 4.21. The van der Waals surface area contributed by atoms with E-state index in [1.165, 1.54) is 52.1 Å². The topological polar surface area (TPSA) is 46.5 Å². The van der Waals surface area contributed by atoms with Crippen LogP contribution < -0.4 is 4.74 Å². The van der Waals surface area contributed by atoms with E-state index in [4.69, 9.17) is 4.74 Å². The number of carbonyl (C=O) groups is 1. The van der Waals surface area contributed by atoms with Gasteiger partial charge in [-0.2, -0.15) is 0 Å². The van der Waals surface area contributed by atoms with Crippen LogP contribution in [0.2, 0.25) is 0 Å². The quantitative estimate of drug-likeness (QED) is 0.317. The Hall–Kier alpha value is -2.29. The van der Waals surface area contributed by atoms with Gasteiger partial charge in [0.15, 0.2) is 0 Å². The van der Waals surface area contributed by atoms with Gasteiger partial charge < -0.3 is 9.84 Å². The molecule has 0 saturated carbocycles. The first-order valence-electron chi connectivity index (χ1n) is 9.60. The number of hydrogen-bond acceptors (Lipinski definition) is 2. The van der Waals surface area contributed by atoms with Gasteiger partial charge in [-0.1, -0.05) is 94.0 Å². The minimum absolute atomic E-state index is 0.189. The molecule has 0 atom stereocenters. The Bertz CT molecular complexity index is 612. The Balaban J connectivity index is 2.35. The van der Waals surface area contributed by atoms with Crippen LogP contribution >= 0.6 is 0 Å². The third-order valence-corrected chi connectivity index (χ3v) is 4.21. The molecule has 1 N–H and O–H groups in total. The van der Waals surface area contributed by atoms with E-state index >= 15 is 0 Å². The summed E-state index contributed by atoms with van der Waals surface area (Å²) in [7, 11) is 1.48. The summed E-state index contributed by atoms with van der Waals surface area (Å²) in [6.07, 6.45) is 22.2. The first-order valence-corrected chi connectivity index (χ1v) is 9.60. The Morgan fingerprint density at radius 3 is 2.38 bits per heavy atom. The lowest BCUT2D eigenvalue weighted by Crippen LogP contribution is -2.02. The number of unbranched alkanes of at least 4 members (excludes halogenated alkanes) is 7. The van der Waals surface area contributed by atoms with Gasteiger partial charge in [-0.25, -0.2) is 4.79 Å². The highest BCUT2D eigenvalue weighted by Crippen LogP contribution is 2.23. The van der Waals surface area contributed by atoms with Gasteiger partial charge in [0.2, 0.25) is 0 Å². The average Bonchev–Trinajstić information content (AvgIpc) is 2.65. The number of carboxylic acid groups (broad SMARTS) is 1. The first-order chi connectivity index (χ1) is 12.7. The largest absolute Gasteiger partial charge is 0.496 e. The van der Waals surface area contributed by atoms with E-state index in [0.29, 0.717) is 11.3 Å². The smallest absolute Gasteiger partial charge is 0.340 e. The van der Waals surface area contributed by atoms with Gasteiger partial charge in [-0.15, -0.1) is 0 Å². The molecule has 0 bridgehead atoms. The third kappa shape index (κ3) is 8.70. The second kappa shape index (κ2) is 13.9. The minimum Gasteiger partial charge on any atom is -0.496 e. The molecule has 142 valence electrons. The van der Waals surface area contributed by atoms with Crippen molar-refractivity contribution in [1.82, 2.24) is 0 Å². The van der Waals surface area contributed by atoms with Gasteiger partial charge in [-0.3, -0.25) is 0 Å². The fourth-order valence-electron chi connectivity index (χ4n) is 2.77. The van der Waals surface area contributed by atoms with E-state index in [2.05, 4.69) is 13.0 Å². The van der Waals surface area contributed by atoms with Crippen LogP contribution in [-0.4, -0.2) is 18.2 Å². The molecular formula is C23H32O3. The van der Waals surface area contributed by atoms with Crippen molar-refractivity contribution < 1.29 is 14.6 Å². The van der Waals surface area contributed by atoms with Crippen LogP contribution in [-0.2, 0) is 0 Å². The summed E-state index contributed by atoms with van der Waals surface area (Å²) >= 11 is 0. The molecule has 0 aliphatic carbocycles. The van der Waals surface area contributed by atoms with Crippen LogP contribution in [0.4, 0.5) is 0 Å². The molecule has 0 aromatic heterocycles. The normalized spacial score (nSPS) is 11.8. The molecule has 0 unspecified atom stereocenters. The molecule has 0 aliphatic heterocycles. The van der Waals surface area contributed by atoms with Gasteiger partial charge in [0.1, 0.15) is 11.3 Å². The lowest BCUT2D eigenvalue weighted by atomic mass is 10.1. The molecule has 3 nitrogen and oxygen atoms in total. The van der Waals surface area contributed by atoms with Crippen molar-refractivity contribution >= 4 is 12.0 Å². The molecule has 0 heterocycles. The van der Waals surface area contributed by atoms with E-state index in [9.17, 15) is 9.90 Å². The summed E-state index contributed by atoms with van der Waals surface area (Å²) in [5, 5.41) is 9.34. The maximum absolute atomic E-state index is 11.4. The number of benzene rings is 1. The number of carboxylic acids is 1. The zero-order chi connectivity index (χ0) is 19.0. The van der Waals surface area contributed by atoms with Crippen molar-refractivity contribution in [3.05, 3.63) is 59.7 Å². The number of aromatic carboxylic acids is 1. The number of allylic oxidation sites excluding steroid dienone is 5. The first kappa shape index (κ1) is 21.8. The van der Waals surface area contributed by atoms with Crippen LogP contribution in [0.3, 0.4) is 0 Å². The maximum atomic E-state index is 11.4. The molecule has 0 fully saturated rings. The molecule has 1 aromatic carbocycles. The second-order valence-electron chi connectivity index (χ2n) is 6.31. The van der Waals surface area contributed by atoms with E-state index in [0.717, 1.165) is 6.42 Å². The number of rotatable bonds is 13. The highest BCUT2D eigenvalue weighted by molar-refractivity contribution is 5.95. The summed E-state index contributed by atoms with van der Waals surface area (Å²) in [6, 6.07) is 5.21. The summed E-state index contributed by atoms with van der Waals surface area (Å²) in [5.74, 6) is -0.612. The molecule has 26 heavy (non-hydrogen) atoms. The summed E-state index contributed by atoms with van der Waals surface area (Å²) in [4.78, 5) is 11.4. The van der Waals surface area contributed by atoms with Crippen molar-refractivity contribution in [2.75, 3.05) is 7.11 Å². The minimum atomic E-state index is -0.985. The molecule has 3 heteroatoms. The number of ether oxygens (including phenoxy) is 1. The lowest BCUT2D eigenvalue weighted by molar-refractivity contribution is 0.0693. The van der Waals surface area contributed by atoms with Crippen LogP contribution in [0.1, 0.15) is 74.2 Å². The summed E-state index contributed by atoms with van der Waals surface area (Å²) < 4.78 is 5.12. The monoisotopic (exact) mass is 356 g/mol. The molecule has 0 amide bonds. The number of hydrogen-bond donors (Lipinski definition) is 1. The molecular weight excluding hydrogens is 324 g/mol. The van der Waals surface area contributed by atoms with Crippen LogP contribution in [0, 0.1) is 0 Å². The van der Waals surface area contributed by atoms with E-state index in [-0.39, 0.29) is 5.56 Å². The predicted octanol–water partition coefficient (Wildman–Crippen LogP) is 6.66. The molecule has 0 saturated heterocycles. The van der Waals surface area contributed by atoms with Crippen molar-refractivity contribution in [3.8, 4) is 5.75 Å². The maximum Gasteiger partial charge on any atom is 0.340 e. The van der Waals surface area contributed by atoms with Crippen molar-refractivity contribution in [2.45, 2.75) is 58.3 Å². The fourth-order valence-corrected chi connectivity index (χ4v) is 2.77. The Morgan fingerprint density at radius 2 is 1.69 bits per heavy atom. The van der Waals surface area contributed by atoms with Gasteiger partial charge in [-0.05, 0) is 24.5 Å². The van der Waals surface area contributed by atoms with Crippen LogP contribution in [0.5, 0.6) is 5.75 Å². The summed E-state index contributed by atoms with van der Waals surface area (Å²) in [6.45, 7) is 2.25. The highest BCUT2D eigenvalue weighted by atomic mass is 16.5. The van der Waals surface area contributed by atoms with Gasteiger partial charge in [0, 0.05) is 0 Å². The predicted molar refractivity (Wildman–Crippen MR) is 110 cm³/mol. The fraction of sp³-hybridized carbons (Fsp3) is 0.435. The van der Waals surface area contributed by atoms with Crippen LogP contribution in [0.25, 0.3) is 6.08 Å². The van der Waals surface area contributed by atoms with Crippen molar-refractivity contribution in [3.63, 3.8) is 0 Å². The van der Waals surface area contributed by atoms with E-state index in [1.807, 2.05) is 24.3 Å². The van der Waals surface area contributed by atoms with E-state index in [1.54, 1.807) is 24.3 Å². The standard InChI is InChI=1S/C23H32O3/c1-3-4-5-6-7-8-9-10-11-12-13-14-15-17-20-18-16-19-21(26-2)22(20)23(24)25/h11-19H,3-10H2,1-2H3,(H,24,25). The Morgan fingerprint density at radius 1 is 1.00 bits per heavy atom. The molecule has 0 radical (unpaired) electrons. The van der Waals surface area contributed by atoms with Gasteiger partial charge in [0.25, 0.3) is 0 Å². The zero-order valence-corrected chi connectivity index (χ0v) is 16.1. The summed E-state index contributed by atoms with van der Waals surface area (Å²) in [5.41, 5.74) is 0.822. The Labute approximate surface area is 158 Å². The Kier molecular flexibility index (Phi) is 11.7. The SMILES string of the molecule is CCCCCCCCCC=CC=CC=Cc1cccc(OC)c1C(=O)O. The molecule has 1 rings (SSSR count). The highest BCUT2D eigenvalue weighted by Gasteiger charge is 2.13. The average molecular weight is 357 g/mol. The van der Waals surface area contributed by atoms with Gasteiger partial charge in [0.05, 0.1) is 7.11 Å².